The molecule has 4 unspecified atom stereocenters. The number of furan rings is 1. The van der Waals surface area contributed by atoms with Gasteiger partial charge in [0.2, 0.25) is 11.7 Å². The van der Waals surface area contributed by atoms with E-state index in [1.807, 2.05) is 72.0 Å². The van der Waals surface area contributed by atoms with Crippen molar-refractivity contribution in [2.24, 2.45) is 5.92 Å². The van der Waals surface area contributed by atoms with Crippen molar-refractivity contribution in [2.75, 3.05) is 31.5 Å². The van der Waals surface area contributed by atoms with E-state index in [1.165, 1.54) is 22.7 Å². The first-order chi connectivity index (χ1) is 20.3. The first-order valence-corrected chi connectivity index (χ1v) is 15.9. The number of carbonyl (C=O) groups excluding carboxylic acids is 3. The highest BCUT2D eigenvalue weighted by molar-refractivity contribution is 7.10. The van der Waals surface area contributed by atoms with E-state index in [4.69, 9.17) is 4.42 Å². The van der Waals surface area contributed by atoms with Crippen molar-refractivity contribution in [1.29, 1.82) is 0 Å². The summed E-state index contributed by atoms with van der Waals surface area (Å²) in [5.74, 6) is -0.750. The summed E-state index contributed by atoms with van der Waals surface area (Å²) in [6, 6.07) is 15.0. The molecule has 2 fully saturated rings. The number of carbonyl (C=O) groups is 3. The third-order valence-electron chi connectivity index (χ3n) is 8.21. The SMILES string of the molecule is Cc1ccc(NC(=O)N2C(C(=O)N3CCNCC3)C(c3sccc3C)C(C(=O)c3ccc(C)o3)C2c2cccs2)cc1. The van der Waals surface area contributed by atoms with Gasteiger partial charge in [0.25, 0.3) is 0 Å². The molecule has 0 bridgehead atoms. The number of urea groups is 1. The quantitative estimate of drug-likeness (QED) is 0.264. The van der Waals surface area contributed by atoms with Crippen LogP contribution >= 0.6 is 22.7 Å². The Morgan fingerprint density at radius 1 is 0.929 bits per heavy atom. The summed E-state index contributed by atoms with van der Waals surface area (Å²) < 4.78 is 5.87. The minimum absolute atomic E-state index is 0.138. The van der Waals surface area contributed by atoms with Crippen molar-refractivity contribution in [3.8, 4) is 0 Å². The Morgan fingerprint density at radius 3 is 2.31 bits per heavy atom. The zero-order valence-electron chi connectivity index (χ0n) is 23.8. The maximum Gasteiger partial charge on any atom is 0.323 e. The highest BCUT2D eigenvalue weighted by atomic mass is 32.1. The van der Waals surface area contributed by atoms with Gasteiger partial charge in [-0.1, -0.05) is 23.8 Å². The molecule has 4 atom stereocenters. The lowest BCUT2D eigenvalue weighted by Gasteiger charge is -2.36. The predicted octanol–water partition coefficient (Wildman–Crippen LogP) is 6.00. The number of hydrogen-bond acceptors (Lipinski definition) is 7. The molecule has 218 valence electrons. The van der Waals surface area contributed by atoms with E-state index in [0.29, 0.717) is 37.6 Å². The number of ketones is 1. The first-order valence-electron chi connectivity index (χ1n) is 14.2. The molecule has 10 heteroatoms. The van der Waals surface area contributed by atoms with E-state index < -0.39 is 30.0 Å². The van der Waals surface area contributed by atoms with E-state index in [-0.39, 0.29) is 17.5 Å². The van der Waals surface area contributed by atoms with Crippen LogP contribution in [0.2, 0.25) is 0 Å². The number of Topliss-reactive ketones (excluding diaryl/α,β-unsaturated/α-hetero) is 1. The molecule has 8 nitrogen and oxygen atoms in total. The van der Waals surface area contributed by atoms with Gasteiger partial charge >= 0.3 is 6.03 Å². The number of hydrogen-bond donors (Lipinski definition) is 2. The lowest BCUT2D eigenvalue weighted by molar-refractivity contribution is -0.136. The fraction of sp³-hybridized carbons (Fsp3) is 0.344. The van der Waals surface area contributed by atoms with Gasteiger partial charge in [0, 0.05) is 47.5 Å². The monoisotopic (exact) mass is 602 g/mol. The van der Waals surface area contributed by atoms with Crippen molar-refractivity contribution in [3.63, 3.8) is 0 Å². The van der Waals surface area contributed by atoms with Crippen LogP contribution in [0.5, 0.6) is 0 Å². The van der Waals surface area contributed by atoms with E-state index >= 15 is 0 Å². The number of likely N-dealkylation sites (tertiary alicyclic amines) is 1. The summed E-state index contributed by atoms with van der Waals surface area (Å²) in [4.78, 5) is 48.8. The summed E-state index contributed by atoms with van der Waals surface area (Å²) >= 11 is 3.02. The zero-order valence-corrected chi connectivity index (χ0v) is 25.5. The molecule has 1 aromatic carbocycles. The summed E-state index contributed by atoms with van der Waals surface area (Å²) in [5, 5.41) is 10.3. The maximum atomic E-state index is 14.6. The molecule has 0 spiro atoms. The van der Waals surface area contributed by atoms with Crippen LogP contribution in [0, 0.1) is 26.7 Å². The Bertz CT molecular complexity index is 1570. The van der Waals surface area contributed by atoms with Crippen LogP contribution in [0.15, 0.2) is 69.8 Å². The molecule has 3 amide bonds. The number of nitrogens with zero attached hydrogens (tertiary/aromatic N) is 2. The largest absolute Gasteiger partial charge is 0.458 e. The van der Waals surface area contributed by atoms with Crippen LogP contribution in [0.25, 0.3) is 0 Å². The fourth-order valence-corrected chi connectivity index (χ4v) is 8.15. The second kappa shape index (κ2) is 11.9. The standard InChI is InChI=1S/C32H34N4O4S2/c1-19-6-9-22(10-7-19)34-32(39)36-27(24-5-4-17-41-24)25(29(37)23-11-8-21(3)40-23)26(30-20(2)12-18-42-30)28(36)31(38)35-15-13-33-14-16-35/h4-12,17-18,25-28,33H,13-16H2,1-3H3,(H,34,39). The van der Waals surface area contributed by atoms with E-state index in [1.54, 1.807) is 24.0 Å². The smallest absolute Gasteiger partial charge is 0.323 e. The third kappa shape index (κ3) is 5.30. The normalized spacial score (nSPS) is 22.4. The number of thiophene rings is 2. The summed E-state index contributed by atoms with van der Waals surface area (Å²) in [7, 11) is 0. The number of rotatable bonds is 6. The highest BCUT2D eigenvalue weighted by Gasteiger charge is 2.59. The molecule has 6 rings (SSSR count). The van der Waals surface area contributed by atoms with Gasteiger partial charge in [0.05, 0.1) is 12.0 Å². The summed E-state index contributed by atoms with van der Waals surface area (Å²) in [5.41, 5.74) is 2.71. The highest BCUT2D eigenvalue weighted by Crippen LogP contribution is 2.54. The van der Waals surface area contributed by atoms with E-state index in [0.717, 1.165) is 20.9 Å². The van der Waals surface area contributed by atoms with Crippen molar-refractivity contribution in [2.45, 2.75) is 38.8 Å². The van der Waals surface area contributed by atoms with Crippen molar-refractivity contribution >= 4 is 46.1 Å². The van der Waals surface area contributed by atoms with Crippen LogP contribution in [-0.4, -0.2) is 59.7 Å². The average molecular weight is 603 g/mol. The molecule has 2 N–H and O–H groups in total. The Hall–Kier alpha value is -3.73. The molecule has 0 radical (unpaired) electrons. The van der Waals surface area contributed by atoms with Crippen LogP contribution in [-0.2, 0) is 4.79 Å². The molecule has 2 saturated heterocycles. The van der Waals surface area contributed by atoms with Gasteiger partial charge in [-0.3, -0.25) is 9.59 Å². The van der Waals surface area contributed by atoms with Gasteiger partial charge in [-0.25, -0.2) is 4.79 Å². The van der Waals surface area contributed by atoms with Gasteiger partial charge in [-0.2, -0.15) is 0 Å². The zero-order chi connectivity index (χ0) is 29.4. The molecule has 0 aliphatic carbocycles. The van der Waals surface area contributed by atoms with Crippen LogP contribution in [0.1, 0.15) is 49.2 Å². The van der Waals surface area contributed by atoms with Crippen molar-refractivity contribution in [3.05, 3.63) is 97.8 Å². The lowest BCUT2D eigenvalue weighted by Crippen LogP contribution is -2.55. The topological polar surface area (TPSA) is 94.9 Å². The molecule has 3 aromatic heterocycles. The number of nitrogens with one attached hydrogen (secondary N) is 2. The average Bonchev–Trinajstić information content (AvgIpc) is 3.80. The van der Waals surface area contributed by atoms with Gasteiger partial charge in [0.15, 0.2) is 5.76 Å². The Balaban J connectivity index is 1.53. The van der Waals surface area contributed by atoms with Crippen molar-refractivity contribution < 1.29 is 18.8 Å². The lowest BCUT2D eigenvalue weighted by atomic mass is 9.80. The van der Waals surface area contributed by atoms with Crippen LogP contribution in [0.4, 0.5) is 10.5 Å². The number of amides is 3. The third-order valence-corrected chi connectivity index (χ3v) is 10.3. The summed E-state index contributed by atoms with van der Waals surface area (Å²) in [6.07, 6.45) is 0. The molecule has 0 saturated carbocycles. The molecule has 2 aliphatic heterocycles. The number of piperazine rings is 1. The first kappa shape index (κ1) is 28.4. The van der Waals surface area contributed by atoms with Gasteiger partial charge < -0.3 is 24.9 Å². The number of benzene rings is 1. The molecule has 42 heavy (non-hydrogen) atoms. The van der Waals surface area contributed by atoms with E-state index in [9.17, 15) is 14.4 Å². The maximum absolute atomic E-state index is 14.6. The molecular weight excluding hydrogens is 569 g/mol. The van der Waals surface area contributed by atoms with Crippen molar-refractivity contribution in [1.82, 2.24) is 15.1 Å². The minimum atomic E-state index is -0.886. The summed E-state index contributed by atoms with van der Waals surface area (Å²) in [6.45, 7) is 8.24. The minimum Gasteiger partial charge on any atom is -0.458 e. The second-order valence-corrected chi connectivity index (χ2v) is 12.9. The second-order valence-electron chi connectivity index (χ2n) is 11.0. The molecular formula is C32H34N4O4S2. The molecule has 2 aliphatic rings. The predicted molar refractivity (Wildman–Crippen MR) is 165 cm³/mol. The number of aryl methyl sites for hydroxylation is 3. The van der Waals surface area contributed by atoms with Gasteiger partial charge in [0.1, 0.15) is 11.8 Å². The molecule has 4 aromatic rings. The Kier molecular flexibility index (Phi) is 8.02. The fourth-order valence-electron chi connectivity index (χ4n) is 6.18. The van der Waals surface area contributed by atoms with E-state index in [2.05, 4.69) is 10.6 Å². The molecule has 5 heterocycles. The number of anilines is 1. The van der Waals surface area contributed by atoms with Gasteiger partial charge in [-0.05, 0) is 73.5 Å². The Morgan fingerprint density at radius 2 is 1.69 bits per heavy atom. The van der Waals surface area contributed by atoms with Crippen LogP contribution < -0.4 is 10.6 Å². The van der Waals surface area contributed by atoms with Gasteiger partial charge in [-0.15, -0.1) is 22.7 Å². The van der Waals surface area contributed by atoms with Crippen LogP contribution in [0.3, 0.4) is 0 Å². The Labute approximate surface area is 253 Å².